The molecule has 0 aromatic heterocycles. The largest absolute Gasteiger partial charge is 0.122 e. The quantitative estimate of drug-likeness (QED) is 0.479. The van der Waals surface area contributed by atoms with Crippen molar-refractivity contribution in [2.45, 2.75) is 67.1 Å². The van der Waals surface area contributed by atoms with E-state index in [1.54, 1.807) is 0 Å². The first-order valence-electron chi connectivity index (χ1n) is 7.47. The van der Waals surface area contributed by atoms with E-state index in [-0.39, 0.29) is 0 Å². The van der Waals surface area contributed by atoms with E-state index >= 15 is 0 Å². The first-order valence-corrected chi connectivity index (χ1v) is 8.35. The van der Waals surface area contributed by atoms with E-state index in [1.807, 2.05) is 11.8 Å². The summed E-state index contributed by atoms with van der Waals surface area (Å²) in [7, 11) is 0. The highest BCUT2D eigenvalue weighted by Crippen LogP contribution is 2.39. The molecule has 114 valence electrons. The van der Waals surface area contributed by atoms with E-state index in [0.29, 0.717) is 10.7 Å². The van der Waals surface area contributed by atoms with Crippen molar-refractivity contribution in [1.82, 2.24) is 0 Å². The summed E-state index contributed by atoms with van der Waals surface area (Å²) >= 11 is 1.96. The van der Waals surface area contributed by atoms with E-state index in [2.05, 4.69) is 80.2 Å². The fraction of sp³-hybridized carbons (Fsp3) is 0.579. The normalized spacial score (nSPS) is 14.5. The van der Waals surface area contributed by atoms with Crippen molar-refractivity contribution in [3.63, 3.8) is 0 Å². The molecule has 0 radical (unpaired) electrons. The molecule has 0 aliphatic rings. The summed E-state index contributed by atoms with van der Waals surface area (Å²) in [6.45, 7) is 22.0. The molecule has 0 rings (SSSR count). The number of thioether (sulfide) groups is 1. The van der Waals surface area contributed by atoms with Gasteiger partial charge in [0.1, 0.15) is 0 Å². The van der Waals surface area contributed by atoms with E-state index < -0.39 is 0 Å². The van der Waals surface area contributed by atoms with Crippen LogP contribution in [-0.2, 0) is 0 Å². The maximum Gasteiger partial charge on any atom is 0.0140 e. The van der Waals surface area contributed by atoms with Crippen LogP contribution in [0.5, 0.6) is 0 Å². The molecule has 0 saturated heterocycles. The van der Waals surface area contributed by atoms with Gasteiger partial charge in [-0.2, -0.15) is 0 Å². The van der Waals surface area contributed by atoms with Gasteiger partial charge in [-0.05, 0) is 45.1 Å². The van der Waals surface area contributed by atoms with Gasteiger partial charge in [0, 0.05) is 10.2 Å². The lowest BCUT2D eigenvalue weighted by Crippen LogP contribution is -2.22. The second-order valence-corrected chi connectivity index (χ2v) is 7.82. The Hall–Kier alpha value is -0.690. The lowest BCUT2D eigenvalue weighted by atomic mass is 9.90. The minimum Gasteiger partial charge on any atom is -0.122 e. The molecule has 0 nitrogen and oxygen atoms in total. The van der Waals surface area contributed by atoms with Gasteiger partial charge >= 0.3 is 0 Å². The molecule has 0 bridgehead atoms. The molecule has 0 aliphatic heterocycles. The average Bonchev–Trinajstić information content (AvgIpc) is 2.35. The van der Waals surface area contributed by atoms with E-state index in [4.69, 9.17) is 0 Å². The standard InChI is InChI=1S/C19H32S/c1-10-17(20-18(11-2)19(7,8)9)16(6)13-12-15(5)14(3)4/h10,12-13,18H,6,11H2,1-5,7-9H3/b13-12-,17-10-. The molecule has 0 spiro atoms. The first kappa shape index (κ1) is 19.3. The third-order valence-corrected chi connectivity index (χ3v) is 5.58. The number of allylic oxidation sites excluding steroid dienone is 6. The van der Waals surface area contributed by atoms with Crippen molar-refractivity contribution in [1.29, 1.82) is 0 Å². The molecule has 1 heteroatoms. The summed E-state index contributed by atoms with van der Waals surface area (Å²) in [4.78, 5) is 1.30. The molecule has 0 N–H and O–H groups in total. The predicted octanol–water partition coefficient (Wildman–Crippen LogP) is 6.92. The van der Waals surface area contributed by atoms with Crippen molar-refractivity contribution in [2.24, 2.45) is 5.41 Å². The maximum atomic E-state index is 4.23. The van der Waals surface area contributed by atoms with E-state index in [0.717, 1.165) is 5.57 Å². The Balaban J connectivity index is 4.96. The van der Waals surface area contributed by atoms with Crippen molar-refractivity contribution in [2.75, 3.05) is 0 Å². The van der Waals surface area contributed by atoms with Gasteiger partial charge < -0.3 is 0 Å². The molecule has 1 unspecified atom stereocenters. The van der Waals surface area contributed by atoms with Crippen LogP contribution in [-0.4, -0.2) is 5.25 Å². The molecule has 0 aliphatic carbocycles. The van der Waals surface area contributed by atoms with Gasteiger partial charge in [0.25, 0.3) is 0 Å². The third-order valence-electron chi connectivity index (χ3n) is 3.51. The summed E-state index contributed by atoms with van der Waals surface area (Å²) in [5, 5.41) is 0.614. The Kier molecular flexibility index (Phi) is 8.27. The van der Waals surface area contributed by atoms with Crippen LogP contribution in [0.4, 0.5) is 0 Å². The van der Waals surface area contributed by atoms with Crippen molar-refractivity contribution < 1.29 is 0 Å². The molecule has 0 heterocycles. The smallest absolute Gasteiger partial charge is 0.0140 e. The van der Waals surface area contributed by atoms with Crippen LogP contribution in [0.1, 0.15) is 61.8 Å². The van der Waals surface area contributed by atoms with Gasteiger partial charge in [-0.3, -0.25) is 0 Å². The van der Waals surface area contributed by atoms with E-state index in [1.165, 1.54) is 22.5 Å². The van der Waals surface area contributed by atoms with Crippen LogP contribution in [0.15, 0.2) is 46.4 Å². The minimum atomic E-state index is 0.313. The second-order valence-electron chi connectivity index (χ2n) is 6.58. The monoisotopic (exact) mass is 292 g/mol. The Morgan fingerprint density at radius 1 is 1.15 bits per heavy atom. The summed E-state index contributed by atoms with van der Waals surface area (Å²) < 4.78 is 0. The Morgan fingerprint density at radius 2 is 1.70 bits per heavy atom. The van der Waals surface area contributed by atoms with Crippen LogP contribution >= 0.6 is 11.8 Å². The fourth-order valence-corrected chi connectivity index (χ4v) is 3.01. The lowest BCUT2D eigenvalue weighted by molar-refractivity contribution is 0.388. The highest BCUT2D eigenvalue weighted by atomic mass is 32.2. The Labute approximate surface area is 131 Å². The molecule has 0 aromatic rings. The van der Waals surface area contributed by atoms with Crippen LogP contribution in [0.3, 0.4) is 0 Å². The minimum absolute atomic E-state index is 0.313. The van der Waals surface area contributed by atoms with Gasteiger partial charge in [0.2, 0.25) is 0 Å². The molecule has 0 fully saturated rings. The zero-order chi connectivity index (χ0) is 15.9. The lowest BCUT2D eigenvalue weighted by Gasteiger charge is -2.30. The van der Waals surface area contributed by atoms with Crippen molar-refractivity contribution >= 4 is 11.8 Å². The number of hydrogen-bond donors (Lipinski definition) is 0. The van der Waals surface area contributed by atoms with Crippen LogP contribution in [0, 0.1) is 5.41 Å². The summed E-state index contributed by atoms with van der Waals surface area (Å²) in [5.41, 5.74) is 4.09. The SMILES string of the molecule is C=C(/C=C\C(C)=C(C)C)/C(=C/C)SC(CC)C(C)(C)C. The summed E-state index contributed by atoms with van der Waals surface area (Å²) in [6.07, 6.45) is 7.67. The summed E-state index contributed by atoms with van der Waals surface area (Å²) in [6, 6.07) is 0. The van der Waals surface area contributed by atoms with Crippen molar-refractivity contribution in [3.8, 4) is 0 Å². The Morgan fingerprint density at radius 3 is 2.05 bits per heavy atom. The molecule has 1 atom stereocenters. The maximum absolute atomic E-state index is 4.23. The molecular formula is C19H32S. The van der Waals surface area contributed by atoms with Crippen LogP contribution in [0.25, 0.3) is 0 Å². The molecular weight excluding hydrogens is 260 g/mol. The van der Waals surface area contributed by atoms with E-state index in [9.17, 15) is 0 Å². The van der Waals surface area contributed by atoms with Gasteiger partial charge in [-0.15, -0.1) is 11.8 Å². The summed E-state index contributed by atoms with van der Waals surface area (Å²) in [5.74, 6) is 0. The fourth-order valence-electron chi connectivity index (χ4n) is 1.83. The third kappa shape index (κ3) is 6.65. The van der Waals surface area contributed by atoms with Crippen LogP contribution in [0.2, 0.25) is 0 Å². The average molecular weight is 293 g/mol. The molecule has 0 aromatic carbocycles. The highest BCUT2D eigenvalue weighted by Gasteiger charge is 2.24. The highest BCUT2D eigenvalue weighted by molar-refractivity contribution is 8.03. The number of hydrogen-bond acceptors (Lipinski definition) is 1. The van der Waals surface area contributed by atoms with Gasteiger partial charge in [0.15, 0.2) is 0 Å². The predicted molar refractivity (Wildman–Crippen MR) is 97.2 cm³/mol. The second kappa shape index (κ2) is 8.56. The van der Waals surface area contributed by atoms with Crippen LogP contribution < -0.4 is 0 Å². The van der Waals surface area contributed by atoms with Gasteiger partial charge in [0.05, 0.1) is 0 Å². The molecule has 0 saturated carbocycles. The van der Waals surface area contributed by atoms with Gasteiger partial charge in [-0.1, -0.05) is 63.6 Å². The van der Waals surface area contributed by atoms with Crippen molar-refractivity contribution in [3.05, 3.63) is 46.4 Å². The molecule has 20 heavy (non-hydrogen) atoms. The molecule has 0 amide bonds. The zero-order valence-corrected chi connectivity index (χ0v) is 15.4. The number of rotatable bonds is 6. The first-order chi connectivity index (χ1) is 9.13. The zero-order valence-electron chi connectivity index (χ0n) is 14.6. The van der Waals surface area contributed by atoms with Gasteiger partial charge in [-0.25, -0.2) is 0 Å². The topological polar surface area (TPSA) is 0 Å². The Bertz CT molecular complexity index is 410.